The molecule has 1 rings (SSSR count). The van der Waals surface area contributed by atoms with E-state index in [1.54, 1.807) is 0 Å². The van der Waals surface area contributed by atoms with Gasteiger partial charge in [-0.2, -0.15) is 0 Å². The first kappa shape index (κ1) is 3.39. The van der Waals surface area contributed by atoms with Crippen LogP contribution in [-0.2, 0) is 0 Å². The zero-order chi connectivity index (χ0) is 13.4. The van der Waals surface area contributed by atoms with E-state index >= 15 is 0 Å². The SMILES string of the molecule is [2H]C([2H])([2H])Oc1ncc(Br)c(F)c1C([2H])([2H])[2H]. The molecule has 0 aromatic carbocycles. The summed E-state index contributed by atoms with van der Waals surface area (Å²) >= 11 is 2.77. The summed E-state index contributed by atoms with van der Waals surface area (Å²) in [6, 6.07) is 0. The van der Waals surface area contributed by atoms with Crippen molar-refractivity contribution in [1.82, 2.24) is 4.98 Å². The van der Waals surface area contributed by atoms with Crippen molar-refractivity contribution in [1.29, 1.82) is 0 Å². The summed E-state index contributed by atoms with van der Waals surface area (Å²) in [6.45, 7) is -2.86. The number of methoxy groups -OCH3 is 1. The molecule has 0 fully saturated rings. The van der Waals surface area contributed by atoms with Crippen LogP contribution in [0.5, 0.6) is 5.88 Å². The highest BCUT2D eigenvalue weighted by Crippen LogP contribution is 2.23. The second kappa shape index (κ2) is 3.17. The first-order chi connectivity index (χ1) is 7.52. The molecule has 0 aliphatic carbocycles. The van der Waals surface area contributed by atoms with Crippen molar-refractivity contribution >= 4 is 15.9 Å². The van der Waals surface area contributed by atoms with E-state index in [9.17, 15) is 4.39 Å². The molecule has 0 amide bonds. The zero-order valence-corrected chi connectivity index (χ0v) is 6.77. The Morgan fingerprint density at radius 3 is 3.27 bits per heavy atom. The molecule has 0 N–H and O–H groups in total. The molecule has 0 radical (unpaired) electrons. The van der Waals surface area contributed by atoms with Gasteiger partial charge in [0.05, 0.1) is 15.6 Å². The van der Waals surface area contributed by atoms with Crippen LogP contribution in [0.25, 0.3) is 0 Å². The lowest BCUT2D eigenvalue weighted by Gasteiger charge is -2.03. The highest BCUT2D eigenvalue weighted by atomic mass is 79.9. The van der Waals surface area contributed by atoms with E-state index in [0.29, 0.717) is 0 Å². The second-order valence-corrected chi connectivity index (χ2v) is 2.56. The molecule has 60 valence electrons. The maximum Gasteiger partial charge on any atom is 0.218 e. The number of aromatic nitrogens is 1. The standard InChI is InChI=1S/C7H7BrFNO/c1-4-6(9)5(8)3-10-7(4)11-2/h3H,1-2H3/i1D3,2D3. The van der Waals surface area contributed by atoms with E-state index in [-0.39, 0.29) is 4.47 Å². The van der Waals surface area contributed by atoms with E-state index < -0.39 is 31.2 Å². The van der Waals surface area contributed by atoms with E-state index in [1.165, 1.54) is 0 Å². The molecule has 1 aromatic rings. The fourth-order valence-electron chi connectivity index (χ4n) is 0.527. The van der Waals surface area contributed by atoms with Gasteiger partial charge in [0.1, 0.15) is 5.82 Å². The van der Waals surface area contributed by atoms with Gasteiger partial charge in [0.25, 0.3) is 0 Å². The van der Waals surface area contributed by atoms with Crippen molar-refractivity contribution in [2.75, 3.05) is 7.04 Å². The van der Waals surface area contributed by atoms with Gasteiger partial charge in [-0.05, 0) is 22.8 Å². The van der Waals surface area contributed by atoms with E-state index in [2.05, 4.69) is 25.7 Å². The van der Waals surface area contributed by atoms with Crippen LogP contribution in [0, 0.1) is 12.7 Å². The lowest BCUT2D eigenvalue weighted by molar-refractivity contribution is 0.389. The molecule has 0 saturated carbocycles. The van der Waals surface area contributed by atoms with Crippen LogP contribution in [0.3, 0.4) is 0 Å². The third-order valence-electron chi connectivity index (χ3n) is 1.03. The minimum absolute atomic E-state index is 0.179. The van der Waals surface area contributed by atoms with Crippen molar-refractivity contribution in [2.45, 2.75) is 6.85 Å². The zero-order valence-electron chi connectivity index (χ0n) is 11.2. The van der Waals surface area contributed by atoms with Crippen LogP contribution < -0.4 is 4.74 Å². The number of ether oxygens (including phenoxy) is 1. The van der Waals surface area contributed by atoms with Gasteiger partial charge in [-0.1, -0.05) is 0 Å². The topological polar surface area (TPSA) is 22.1 Å². The quantitative estimate of drug-likeness (QED) is 0.732. The average molecular weight is 226 g/mol. The van der Waals surface area contributed by atoms with Gasteiger partial charge in [-0.15, -0.1) is 0 Å². The summed E-state index contributed by atoms with van der Waals surface area (Å²) in [4.78, 5) is 3.46. The summed E-state index contributed by atoms with van der Waals surface area (Å²) in [7, 11) is -2.90. The van der Waals surface area contributed by atoms with Crippen LogP contribution >= 0.6 is 15.9 Å². The average Bonchev–Trinajstić information content (AvgIpc) is 2.06. The Hall–Kier alpha value is -0.640. The van der Waals surface area contributed by atoms with E-state index in [0.717, 1.165) is 6.20 Å². The highest BCUT2D eigenvalue weighted by Gasteiger charge is 2.08. The Kier molecular flexibility index (Phi) is 0.978. The van der Waals surface area contributed by atoms with Gasteiger partial charge in [0.2, 0.25) is 5.88 Å². The van der Waals surface area contributed by atoms with Crippen molar-refractivity contribution in [2.24, 2.45) is 0 Å². The Bertz CT molecular complexity index is 432. The van der Waals surface area contributed by atoms with Crippen molar-refractivity contribution in [3.8, 4) is 5.88 Å². The smallest absolute Gasteiger partial charge is 0.218 e. The van der Waals surface area contributed by atoms with Crippen molar-refractivity contribution < 1.29 is 17.4 Å². The molecule has 11 heavy (non-hydrogen) atoms. The fraction of sp³-hybridized carbons (Fsp3) is 0.286. The number of nitrogens with zero attached hydrogens (tertiary/aromatic N) is 1. The molecule has 2 nitrogen and oxygen atoms in total. The summed E-state index contributed by atoms with van der Waals surface area (Å²) < 4.78 is 59.7. The van der Waals surface area contributed by atoms with Gasteiger partial charge in [0, 0.05) is 15.9 Å². The summed E-state index contributed by atoms with van der Waals surface area (Å²) in [5, 5.41) is 0. The van der Waals surface area contributed by atoms with Gasteiger partial charge in [0.15, 0.2) is 0 Å². The molecule has 1 heterocycles. The monoisotopic (exact) mass is 225 g/mol. The Morgan fingerprint density at radius 1 is 1.82 bits per heavy atom. The lowest BCUT2D eigenvalue weighted by Crippen LogP contribution is -1.94. The molecule has 0 atom stereocenters. The Morgan fingerprint density at radius 2 is 2.64 bits per heavy atom. The van der Waals surface area contributed by atoms with Gasteiger partial charge >= 0.3 is 0 Å². The minimum atomic E-state index is -2.90. The molecule has 4 heteroatoms. The number of halogens is 2. The van der Waals surface area contributed by atoms with Gasteiger partial charge in [-0.25, -0.2) is 9.37 Å². The third kappa shape index (κ3) is 1.50. The lowest BCUT2D eigenvalue weighted by atomic mass is 10.3. The van der Waals surface area contributed by atoms with Gasteiger partial charge < -0.3 is 4.74 Å². The van der Waals surface area contributed by atoms with Crippen LogP contribution in [0.4, 0.5) is 4.39 Å². The normalized spacial score (nSPS) is 20.2. The molecule has 0 spiro atoms. The first-order valence-corrected chi connectivity index (χ1v) is 3.35. The van der Waals surface area contributed by atoms with E-state index in [1.807, 2.05) is 0 Å². The van der Waals surface area contributed by atoms with Crippen LogP contribution in [0.2, 0.25) is 0 Å². The molecular formula is C7H7BrFNO. The predicted octanol–water partition coefficient (Wildman–Crippen LogP) is 2.30. The number of hydrogen-bond acceptors (Lipinski definition) is 2. The number of rotatable bonds is 1. The second-order valence-electron chi connectivity index (χ2n) is 1.70. The fourth-order valence-corrected chi connectivity index (χ4v) is 0.828. The molecule has 0 saturated heterocycles. The van der Waals surface area contributed by atoms with Crippen molar-refractivity contribution in [3.05, 3.63) is 22.1 Å². The maximum atomic E-state index is 13.6. The van der Waals surface area contributed by atoms with Crippen LogP contribution in [-0.4, -0.2) is 12.0 Å². The summed E-state index contributed by atoms with van der Waals surface area (Å²) in [5.41, 5.74) is -0.858. The molecule has 0 unspecified atom stereocenters. The first-order valence-electron chi connectivity index (χ1n) is 5.56. The van der Waals surface area contributed by atoms with Crippen LogP contribution in [0.1, 0.15) is 13.8 Å². The summed E-state index contributed by atoms with van der Waals surface area (Å²) in [5.74, 6) is -1.87. The van der Waals surface area contributed by atoms with Crippen LogP contribution in [0.15, 0.2) is 10.7 Å². The molecule has 0 aliphatic heterocycles. The molecule has 1 aromatic heterocycles. The van der Waals surface area contributed by atoms with E-state index in [4.69, 9.17) is 8.22 Å². The summed E-state index contributed by atoms with van der Waals surface area (Å²) in [6.07, 6.45) is 0.936. The molecule has 0 aliphatic rings. The predicted molar refractivity (Wildman–Crippen MR) is 43.2 cm³/mol. The highest BCUT2D eigenvalue weighted by molar-refractivity contribution is 9.10. The van der Waals surface area contributed by atoms with Crippen molar-refractivity contribution in [3.63, 3.8) is 0 Å². The molecule has 0 bridgehead atoms. The largest absolute Gasteiger partial charge is 0.481 e. The Balaban J connectivity index is 3.36. The number of pyridine rings is 1. The third-order valence-corrected chi connectivity index (χ3v) is 1.59. The Labute approximate surface area is 81.0 Å². The number of hydrogen-bond donors (Lipinski definition) is 0. The molecular weight excluding hydrogens is 213 g/mol. The maximum absolute atomic E-state index is 13.6. The van der Waals surface area contributed by atoms with Gasteiger partial charge in [-0.3, -0.25) is 0 Å². The minimum Gasteiger partial charge on any atom is -0.481 e.